The molecule has 1 heterocycles. The van der Waals surface area contributed by atoms with E-state index in [1.165, 1.54) is 43.3 Å². The lowest BCUT2D eigenvalue weighted by molar-refractivity contribution is 0.591. The molecule has 0 aliphatic rings. The number of rotatable bonds is 5. The topological polar surface area (TPSA) is 25.2 Å². The molecule has 0 fully saturated rings. The predicted octanol–water partition coefficient (Wildman–Crippen LogP) is 11.5. The van der Waals surface area contributed by atoms with E-state index in [1.807, 2.05) is 12.3 Å². The molecule has 0 spiro atoms. The monoisotopic (exact) mass is 572 g/mol. The highest BCUT2D eigenvalue weighted by atomic mass is 32.1. The Morgan fingerprint density at radius 2 is 1.33 bits per heavy atom. The summed E-state index contributed by atoms with van der Waals surface area (Å²) in [6.45, 7) is 6.83. The van der Waals surface area contributed by atoms with Crippen LogP contribution >= 0.6 is 11.3 Å². The number of hydrogen-bond acceptors (Lipinski definition) is 3. The van der Waals surface area contributed by atoms with E-state index in [-0.39, 0.29) is 5.41 Å². The van der Waals surface area contributed by atoms with Gasteiger partial charge >= 0.3 is 0 Å². The first kappa shape index (κ1) is 27.0. The summed E-state index contributed by atoms with van der Waals surface area (Å²) in [5.41, 5.74) is 10.2. The van der Waals surface area contributed by atoms with Crippen LogP contribution in [0.15, 0.2) is 138 Å². The summed E-state index contributed by atoms with van der Waals surface area (Å²) in [7, 11) is 0. The zero-order chi connectivity index (χ0) is 29.4. The highest BCUT2D eigenvalue weighted by Crippen LogP contribution is 2.42. The molecular weight excluding hydrogens is 541 g/mol. The van der Waals surface area contributed by atoms with Crippen LogP contribution in [0.2, 0.25) is 0 Å². The fraction of sp³-hybridized carbons (Fsp3) is 0.100. The molecule has 2 nitrogen and oxygen atoms in total. The van der Waals surface area contributed by atoms with Crippen molar-refractivity contribution < 1.29 is 0 Å². The maximum Gasteiger partial charge on any atom is 0.126 e. The minimum absolute atomic E-state index is 0.00475. The van der Waals surface area contributed by atoms with Gasteiger partial charge in [-0.25, -0.2) is 4.98 Å². The van der Waals surface area contributed by atoms with Crippen molar-refractivity contribution in [1.82, 2.24) is 4.98 Å². The summed E-state index contributed by atoms with van der Waals surface area (Å²) >= 11 is 1.74. The van der Waals surface area contributed by atoms with Gasteiger partial charge in [-0.05, 0) is 68.8 Å². The number of hydrogen-bond donors (Lipinski definition) is 0. The van der Waals surface area contributed by atoms with Gasteiger partial charge in [-0.3, -0.25) is 4.99 Å². The van der Waals surface area contributed by atoms with E-state index >= 15 is 0 Å². The van der Waals surface area contributed by atoms with E-state index in [1.54, 1.807) is 11.3 Å². The second kappa shape index (κ2) is 11.1. The van der Waals surface area contributed by atoms with Crippen molar-refractivity contribution in [2.45, 2.75) is 26.2 Å². The highest BCUT2D eigenvalue weighted by Gasteiger charge is 2.20. The molecule has 1 aromatic heterocycles. The first-order valence-electron chi connectivity index (χ1n) is 14.7. The van der Waals surface area contributed by atoms with Crippen molar-refractivity contribution in [2.75, 3.05) is 0 Å². The van der Waals surface area contributed by atoms with Gasteiger partial charge in [-0.2, -0.15) is 0 Å². The lowest BCUT2D eigenvalue weighted by atomic mass is 9.85. The smallest absolute Gasteiger partial charge is 0.126 e. The summed E-state index contributed by atoms with van der Waals surface area (Å²) in [4.78, 5) is 10.3. The number of fused-ring (bicyclic) bond motifs is 2. The first-order valence-corrected chi connectivity index (χ1v) is 15.5. The largest absolute Gasteiger partial charge is 0.256 e. The normalized spacial score (nSPS) is 12.0. The number of nitrogens with zero attached hydrogens (tertiary/aromatic N) is 2. The number of benzene rings is 6. The molecule has 0 aliphatic carbocycles. The minimum atomic E-state index is 0.00475. The molecule has 0 bridgehead atoms. The molecule has 0 aliphatic heterocycles. The summed E-state index contributed by atoms with van der Waals surface area (Å²) in [5.74, 6) is 0. The standard InChI is InChI=1S/C40H32N2S/c1-40(2,3)32-24-35(30-18-12-17-29(23-30)27-13-5-4-6-14-27)38-37(25-32)43-39(42-38)34-21-9-10-22-36(34)41-26-31-19-11-16-28-15-7-8-20-33(28)31/h4-26H,1-3H3. The van der Waals surface area contributed by atoms with Crippen LogP contribution in [0.3, 0.4) is 0 Å². The van der Waals surface area contributed by atoms with E-state index in [9.17, 15) is 0 Å². The fourth-order valence-electron chi connectivity index (χ4n) is 5.56. The molecule has 0 saturated carbocycles. The zero-order valence-corrected chi connectivity index (χ0v) is 25.4. The molecule has 43 heavy (non-hydrogen) atoms. The molecule has 0 unspecified atom stereocenters. The van der Waals surface area contributed by atoms with Gasteiger partial charge in [-0.15, -0.1) is 11.3 Å². The maximum atomic E-state index is 5.30. The minimum Gasteiger partial charge on any atom is -0.256 e. The fourth-order valence-corrected chi connectivity index (χ4v) is 6.63. The van der Waals surface area contributed by atoms with Crippen LogP contribution in [0.5, 0.6) is 0 Å². The van der Waals surface area contributed by atoms with Gasteiger partial charge in [0.2, 0.25) is 0 Å². The van der Waals surface area contributed by atoms with E-state index < -0.39 is 0 Å². The van der Waals surface area contributed by atoms with E-state index in [0.717, 1.165) is 27.3 Å². The Balaban J connectivity index is 1.35. The van der Waals surface area contributed by atoms with E-state index in [2.05, 4.69) is 148 Å². The van der Waals surface area contributed by atoms with Crippen LogP contribution in [0.4, 0.5) is 5.69 Å². The van der Waals surface area contributed by atoms with Gasteiger partial charge < -0.3 is 0 Å². The number of aromatic nitrogens is 1. The molecule has 6 aromatic carbocycles. The summed E-state index contributed by atoms with van der Waals surface area (Å²) in [5, 5.41) is 3.39. The van der Waals surface area contributed by atoms with Crippen LogP contribution in [0.1, 0.15) is 31.9 Å². The molecule has 0 radical (unpaired) electrons. The third-order valence-corrected chi connectivity index (χ3v) is 8.98. The summed E-state index contributed by atoms with van der Waals surface area (Å²) < 4.78 is 1.19. The summed E-state index contributed by atoms with van der Waals surface area (Å²) in [6.07, 6.45) is 1.98. The first-order chi connectivity index (χ1) is 20.9. The second-order valence-electron chi connectivity index (χ2n) is 11.9. The third kappa shape index (κ3) is 5.40. The van der Waals surface area contributed by atoms with Crippen molar-refractivity contribution in [3.63, 3.8) is 0 Å². The Labute approximate surface area is 257 Å². The number of para-hydroxylation sites is 1. The Hall–Kier alpha value is -4.86. The van der Waals surface area contributed by atoms with Crippen molar-refractivity contribution in [3.05, 3.63) is 145 Å². The van der Waals surface area contributed by atoms with Gasteiger partial charge in [0.05, 0.1) is 15.9 Å². The van der Waals surface area contributed by atoms with Crippen LogP contribution in [0, 0.1) is 0 Å². The van der Waals surface area contributed by atoms with Gasteiger partial charge in [-0.1, -0.05) is 124 Å². The van der Waals surface area contributed by atoms with Gasteiger partial charge in [0.1, 0.15) is 5.01 Å². The molecule has 0 atom stereocenters. The lowest BCUT2D eigenvalue weighted by Crippen LogP contribution is -2.11. The van der Waals surface area contributed by atoms with Gasteiger partial charge in [0.25, 0.3) is 0 Å². The third-order valence-electron chi connectivity index (χ3n) is 7.94. The number of thiazole rings is 1. The Morgan fingerprint density at radius 3 is 2.19 bits per heavy atom. The van der Waals surface area contributed by atoms with Crippen molar-refractivity contribution in [3.8, 4) is 32.8 Å². The molecule has 0 N–H and O–H groups in total. The van der Waals surface area contributed by atoms with Crippen LogP contribution in [0.25, 0.3) is 53.8 Å². The number of aliphatic imine (C=N–C) groups is 1. The average Bonchev–Trinajstić information content (AvgIpc) is 3.48. The average molecular weight is 573 g/mol. The predicted molar refractivity (Wildman–Crippen MR) is 186 cm³/mol. The zero-order valence-electron chi connectivity index (χ0n) is 24.6. The molecule has 3 heteroatoms. The Bertz CT molecular complexity index is 2110. The summed E-state index contributed by atoms with van der Waals surface area (Å²) in [6, 6.07) is 47.2. The molecule has 208 valence electrons. The van der Waals surface area contributed by atoms with Crippen molar-refractivity contribution in [1.29, 1.82) is 0 Å². The molecule has 0 amide bonds. The Kier molecular flexibility index (Phi) is 6.96. The highest BCUT2D eigenvalue weighted by molar-refractivity contribution is 7.21. The van der Waals surface area contributed by atoms with Crippen LogP contribution < -0.4 is 0 Å². The lowest BCUT2D eigenvalue weighted by Gasteiger charge is -2.20. The molecular formula is C40H32N2S. The quantitative estimate of drug-likeness (QED) is 0.188. The molecule has 7 rings (SSSR count). The molecule has 7 aromatic rings. The van der Waals surface area contributed by atoms with Crippen molar-refractivity contribution in [2.24, 2.45) is 4.99 Å². The maximum absolute atomic E-state index is 5.30. The van der Waals surface area contributed by atoms with Gasteiger partial charge in [0, 0.05) is 22.9 Å². The van der Waals surface area contributed by atoms with Crippen LogP contribution in [-0.2, 0) is 5.41 Å². The van der Waals surface area contributed by atoms with E-state index in [4.69, 9.17) is 9.98 Å². The molecule has 0 saturated heterocycles. The van der Waals surface area contributed by atoms with Crippen molar-refractivity contribution >= 4 is 44.2 Å². The second-order valence-corrected chi connectivity index (χ2v) is 13.0. The Morgan fingerprint density at radius 1 is 0.628 bits per heavy atom. The van der Waals surface area contributed by atoms with Gasteiger partial charge in [0.15, 0.2) is 0 Å². The van der Waals surface area contributed by atoms with E-state index in [0.29, 0.717) is 0 Å². The van der Waals surface area contributed by atoms with Crippen LogP contribution in [-0.4, -0.2) is 11.2 Å². The SMILES string of the molecule is CC(C)(C)c1cc(-c2cccc(-c3ccccc3)c2)c2nc(-c3ccccc3N=Cc3cccc4ccccc34)sc2c1.